The average molecular weight is 585 g/mol. The predicted octanol–water partition coefficient (Wildman–Crippen LogP) is 3.76. The highest BCUT2D eigenvalue weighted by atomic mass is 19.1. The second-order valence-corrected chi connectivity index (χ2v) is 10.5. The number of nitrogens with two attached hydrogens (primary N) is 1. The first-order valence-corrected chi connectivity index (χ1v) is 14.1. The van der Waals surface area contributed by atoms with Gasteiger partial charge in [-0.15, -0.1) is 0 Å². The first-order valence-electron chi connectivity index (χ1n) is 14.1. The number of primary amides is 1. The Bertz CT molecular complexity index is 1650. The van der Waals surface area contributed by atoms with E-state index in [2.05, 4.69) is 26.7 Å². The third kappa shape index (κ3) is 6.06. The molecule has 3 N–H and O–H groups in total. The van der Waals surface area contributed by atoms with E-state index >= 15 is 0 Å². The molecule has 0 saturated carbocycles. The van der Waals surface area contributed by atoms with Gasteiger partial charge in [0.25, 0.3) is 0 Å². The van der Waals surface area contributed by atoms with Gasteiger partial charge in [-0.1, -0.05) is 6.58 Å². The number of likely N-dealkylation sites (tertiary alicyclic amines) is 1. The summed E-state index contributed by atoms with van der Waals surface area (Å²) in [6.45, 7) is 9.20. The minimum absolute atomic E-state index is 0.182. The quantitative estimate of drug-likeness (QED) is 0.268. The van der Waals surface area contributed by atoms with Gasteiger partial charge in [-0.25, -0.2) is 14.1 Å². The normalized spacial score (nSPS) is 15.2. The van der Waals surface area contributed by atoms with Crippen LogP contribution in [0.3, 0.4) is 0 Å². The van der Waals surface area contributed by atoms with Crippen LogP contribution in [0, 0.1) is 5.82 Å². The molecule has 4 heterocycles. The Morgan fingerprint density at radius 2 is 1.91 bits per heavy atom. The zero-order chi connectivity index (χ0) is 29.9. The van der Waals surface area contributed by atoms with Crippen LogP contribution in [0.4, 0.5) is 21.7 Å². The molecule has 12 heteroatoms. The highest BCUT2D eigenvalue weighted by molar-refractivity contribution is 6.19. The molecule has 2 aliphatic heterocycles. The van der Waals surface area contributed by atoms with E-state index in [1.54, 1.807) is 42.3 Å². The second kappa shape index (κ2) is 12.2. The van der Waals surface area contributed by atoms with Gasteiger partial charge >= 0.3 is 0 Å². The minimum atomic E-state index is -0.617. The Labute approximate surface area is 248 Å². The fraction of sp³-hybridized carbons (Fsp3) is 0.290. The molecule has 0 unspecified atom stereocenters. The smallest absolute Gasteiger partial charge is 0.248 e. The van der Waals surface area contributed by atoms with Crippen molar-refractivity contribution in [2.24, 2.45) is 5.73 Å². The van der Waals surface area contributed by atoms with Crippen LogP contribution in [0.25, 0.3) is 22.6 Å². The number of hydrogen-bond acceptors (Lipinski definition) is 9. The lowest BCUT2D eigenvalue weighted by Crippen LogP contribution is -2.37. The molecule has 43 heavy (non-hydrogen) atoms. The molecule has 0 atom stereocenters. The summed E-state index contributed by atoms with van der Waals surface area (Å²) in [4.78, 5) is 25.8. The SMILES string of the molecule is C=C(C(N)=O)c1cc(Nc2nccc(-n3cc(CN4CCC4)c(-c4ccc(F)cc4)n3)n2)c(OC)cc1N1CCOCC1. The molecule has 2 saturated heterocycles. The van der Waals surface area contributed by atoms with E-state index in [9.17, 15) is 9.18 Å². The maximum Gasteiger partial charge on any atom is 0.248 e. The van der Waals surface area contributed by atoms with Gasteiger partial charge in [-0.2, -0.15) is 10.1 Å². The van der Waals surface area contributed by atoms with E-state index in [4.69, 9.17) is 25.3 Å². The molecule has 0 aliphatic carbocycles. The van der Waals surface area contributed by atoms with Gasteiger partial charge < -0.3 is 25.4 Å². The molecule has 222 valence electrons. The fourth-order valence-corrected chi connectivity index (χ4v) is 5.21. The van der Waals surface area contributed by atoms with Crippen LogP contribution in [-0.2, 0) is 16.1 Å². The highest BCUT2D eigenvalue weighted by Gasteiger charge is 2.23. The summed E-state index contributed by atoms with van der Waals surface area (Å²) in [7, 11) is 1.57. The summed E-state index contributed by atoms with van der Waals surface area (Å²) in [6, 6.07) is 11.7. The van der Waals surface area contributed by atoms with Crippen LogP contribution in [0.2, 0.25) is 0 Å². The van der Waals surface area contributed by atoms with Gasteiger partial charge in [0, 0.05) is 72.1 Å². The number of aromatic nitrogens is 4. The van der Waals surface area contributed by atoms with Gasteiger partial charge in [0.05, 0.1) is 31.7 Å². The lowest BCUT2D eigenvalue weighted by Gasteiger charge is -2.31. The summed E-state index contributed by atoms with van der Waals surface area (Å²) in [5.74, 6) is 0.463. The van der Waals surface area contributed by atoms with Crippen molar-refractivity contribution in [1.29, 1.82) is 0 Å². The molecule has 2 aliphatic rings. The first kappa shape index (κ1) is 28.3. The van der Waals surface area contributed by atoms with E-state index in [1.807, 2.05) is 12.3 Å². The molecular formula is C31H33FN8O3. The maximum atomic E-state index is 13.6. The molecule has 2 aromatic heterocycles. The largest absolute Gasteiger partial charge is 0.494 e. The van der Waals surface area contributed by atoms with Crippen molar-refractivity contribution in [2.75, 3.05) is 56.7 Å². The van der Waals surface area contributed by atoms with Crippen LogP contribution in [0.1, 0.15) is 17.5 Å². The third-order valence-corrected chi connectivity index (χ3v) is 7.66. The first-order chi connectivity index (χ1) is 20.9. The number of rotatable bonds is 10. The van der Waals surface area contributed by atoms with Crippen LogP contribution >= 0.6 is 0 Å². The van der Waals surface area contributed by atoms with Crippen LogP contribution in [0.5, 0.6) is 5.75 Å². The minimum Gasteiger partial charge on any atom is -0.494 e. The molecule has 0 spiro atoms. The van der Waals surface area contributed by atoms with Crippen molar-refractivity contribution in [3.8, 4) is 22.8 Å². The third-order valence-electron chi connectivity index (χ3n) is 7.66. The predicted molar refractivity (Wildman–Crippen MR) is 162 cm³/mol. The maximum absolute atomic E-state index is 13.6. The molecule has 4 aromatic rings. The number of ether oxygens (including phenoxy) is 2. The van der Waals surface area contributed by atoms with Gasteiger partial charge in [0.2, 0.25) is 11.9 Å². The Morgan fingerprint density at radius 1 is 1.14 bits per heavy atom. The number of methoxy groups -OCH3 is 1. The average Bonchev–Trinajstić information content (AvgIpc) is 3.43. The number of halogens is 1. The number of morpholine rings is 1. The van der Waals surface area contributed by atoms with Gasteiger partial charge in [0.15, 0.2) is 5.82 Å². The summed E-state index contributed by atoms with van der Waals surface area (Å²) in [5.41, 5.74) is 10.4. The van der Waals surface area contributed by atoms with Gasteiger partial charge in [-0.3, -0.25) is 9.69 Å². The Morgan fingerprint density at radius 3 is 2.58 bits per heavy atom. The van der Waals surface area contributed by atoms with Crippen LogP contribution in [-0.4, -0.2) is 77.1 Å². The van der Waals surface area contributed by atoms with Crippen molar-refractivity contribution in [3.63, 3.8) is 0 Å². The molecule has 1 amide bonds. The Kier molecular flexibility index (Phi) is 8.03. The molecule has 0 radical (unpaired) electrons. The number of amides is 1. The molecule has 0 bridgehead atoms. The zero-order valence-corrected chi connectivity index (χ0v) is 23.9. The van der Waals surface area contributed by atoms with E-state index in [0.29, 0.717) is 55.1 Å². The van der Waals surface area contributed by atoms with Crippen molar-refractivity contribution in [1.82, 2.24) is 24.6 Å². The van der Waals surface area contributed by atoms with Crippen molar-refractivity contribution >= 4 is 28.8 Å². The lowest BCUT2D eigenvalue weighted by atomic mass is 10.0. The number of nitrogens with one attached hydrogen (secondary N) is 1. The zero-order valence-electron chi connectivity index (χ0n) is 23.9. The number of carbonyl (C=O) groups excluding carboxylic acids is 1. The summed E-state index contributed by atoms with van der Waals surface area (Å²) in [5, 5.41) is 8.07. The fourth-order valence-electron chi connectivity index (χ4n) is 5.21. The van der Waals surface area contributed by atoms with E-state index in [1.165, 1.54) is 18.6 Å². The molecule has 2 fully saturated rings. The summed E-state index contributed by atoms with van der Waals surface area (Å²) >= 11 is 0. The topological polar surface area (TPSA) is 124 Å². The molecule has 2 aromatic carbocycles. The number of anilines is 3. The van der Waals surface area contributed by atoms with Crippen molar-refractivity contribution < 1.29 is 18.7 Å². The Balaban J connectivity index is 1.34. The highest BCUT2D eigenvalue weighted by Crippen LogP contribution is 2.38. The monoisotopic (exact) mass is 584 g/mol. The van der Waals surface area contributed by atoms with E-state index in [0.717, 1.165) is 42.1 Å². The number of hydrogen-bond donors (Lipinski definition) is 2. The van der Waals surface area contributed by atoms with E-state index in [-0.39, 0.29) is 11.4 Å². The van der Waals surface area contributed by atoms with Crippen molar-refractivity contribution in [2.45, 2.75) is 13.0 Å². The van der Waals surface area contributed by atoms with Crippen LogP contribution in [0.15, 0.2) is 61.4 Å². The van der Waals surface area contributed by atoms with E-state index < -0.39 is 5.91 Å². The van der Waals surface area contributed by atoms with Gasteiger partial charge in [0.1, 0.15) is 11.6 Å². The Hall–Kier alpha value is -4.81. The molecule has 11 nitrogen and oxygen atoms in total. The van der Waals surface area contributed by atoms with Gasteiger partial charge in [-0.05, 0) is 49.8 Å². The number of nitrogens with zero attached hydrogens (tertiary/aromatic N) is 6. The van der Waals surface area contributed by atoms with Crippen LogP contribution < -0.4 is 20.7 Å². The van der Waals surface area contributed by atoms with Crippen molar-refractivity contribution in [3.05, 3.63) is 78.4 Å². The number of benzene rings is 2. The number of carbonyl (C=O) groups is 1. The standard InChI is InChI=1S/C31H33FN8O3/c1-20(30(33)41)24-16-25(27(42-2)17-26(24)39-12-14-43-15-13-39)35-31-34-9-8-28(36-31)40-19-22(18-38-10-3-11-38)29(37-40)21-4-6-23(32)7-5-21/h4-9,16-17,19H,1,3,10-15,18H2,2H3,(H2,33,41)(H,34,35,36). The second-order valence-electron chi connectivity index (χ2n) is 10.5. The summed E-state index contributed by atoms with van der Waals surface area (Å²) < 4.78 is 26.6. The molecular weight excluding hydrogens is 551 g/mol. The molecule has 6 rings (SSSR count). The lowest BCUT2D eigenvalue weighted by molar-refractivity contribution is -0.112. The summed E-state index contributed by atoms with van der Waals surface area (Å²) in [6.07, 6.45) is 4.76.